The van der Waals surface area contributed by atoms with Gasteiger partial charge in [0.1, 0.15) is 5.75 Å². The molecule has 0 spiro atoms. The van der Waals surface area contributed by atoms with Gasteiger partial charge in [-0.1, -0.05) is 0 Å². The minimum atomic E-state index is -2.49. The SMILES string of the molecule is COc1ccc([N+](=O)[O-])c(CNCC(F)F)c1. The molecule has 0 saturated carbocycles. The molecule has 0 bridgehead atoms. The molecule has 1 rings (SSSR count). The highest BCUT2D eigenvalue weighted by atomic mass is 19.3. The summed E-state index contributed by atoms with van der Waals surface area (Å²) < 4.78 is 28.8. The Balaban J connectivity index is 2.82. The van der Waals surface area contributed by atoms with Crippen LogP contribution in [0.1, 0.15) is 5.56 Å². The number of nitrogens with zero attached hydrogens (tertiary/aromatic N) is 1. The average molecular weight is 246 g/mol. The fourth-order valence-corrected chi connectivity index (χ4v) is 1.32. The Labute approximate surface area is 96.5 Å². The Bertz CT molecular complexity index is 399. The number of hydrogen-bond donors (Lipinski definition) is 1. The van der Waals surface area contributed by atoms with Crippen LogP contribution in [0, 0.1) is 10.1 Å². The zero-order chi connectivity index (χ0) is 12.8. The van der Waals surface area contributed by atoms with Crippen LogP contribution in [0.3, 0.4) is 0 Å². The van der Waals surface area contributed by atoms with Crippen LogP contribution in [0.2, 0.25) is 0 Å². The first-order chi connectivity index (χ1) is 8.04. The minimum Gasteiger partial charge on any atom is -0.497 e. The summed E-state index contributed by atoms with van der Waals surface area (Å²) in [6, 6.07) is 4.20. The van der Waals surface area contributed by atoms with E-state index in [0.717, 1.165) is 0 Å². The molecule has 1 aromatic carbocycles. The van der Waals surface area contributed by atoms with Crippen molar-refractivity contribution in [2.24, 2.45) is 0 Å². The van der Waals surface area contributed by atoms with E-state index >= 15 is 0 Å². The van der Waals surface area contributed by atoms with Gasteiger partial charge in [0.05, 0.1) is 18.6 Å². The van der Waals surface area contributed by atoms with Crippen LogP contribution in [0.15, 0.2) is 18.2 Å². The molecule has 0 heterocycles. The van der Waals surface area contributed by atoms with Gasteiger partial charge >= 0.3 is 0 Å². The molecule has 0 atom stereocenters. The van der Waals surface area contributed by atoms with Gasteiger partial charge in [-0.05, 0) is 12.1 Å². The van der Waals surface area contributed by atoms with E-state index in [-0.39, 0.29) is 12.2 Å². The Hall–Kier alpha value is -1.76. The maximum Gasteiger partial charge on any atom is 0.274 e. The van der Waals surface area contributed by atoms with Crippen molar-refractivity contribution in [3.63, 3.8) is 0 Å². The first-order valence-corrected chi connectivity index (χ1v) is 4.84. The minimum absolute atomic E-state index is 0.00213. The second-order valence-electron chi connectivity index (χ2n) is 3.27. The topological polar surface area (TPSA) is 64.4 Å². The number of rotatable bonds is 6. The third-order valence-corrected chi connectivity index (χ3v) is 2.10. The van der Waals surface area contributed by atoms with Gasteiger partial charge in [-0.3, -0.25) is 10.1 Å². The number of hydrogen-bond acceptors (Lipinski definition) is 4. The number of nitro benzene ring substituents is 1. The molecule has 0 aromatic heterocycles. The van der Waals surface area contributed by atoms with E-state index in [1.54, 1.807) is 0 Å². The zero-order valence-electron chi connectivity index (χ0n) is 9.15. The van der Waals surface area contributed by atoms with E-state index in [1.807, 2.05) is 0 Å². The van der Waals surface area contributed by atoms with Gasteiger partial charge in [0.25, 0.3) is 12.1 Å². The van der Waals surface area contributed by atoms with Gasteiger partial charge in [0.15, 0.2) is 0 Å². The second kappa shape index (κ2) is 6.09. The smallest absolute Gasteiger partial charge is 0.274 e. The van der Waals surface area contributed by atoms with Crippen molar-refractivity contribution in [2.45, 2.75) is 13.0 Å². The highest BCUT2D eigenvalue weighted by Gasteiger charge is 2.14. The van der Waals surface area contributed by atoms with Crippen LogP contribution < -0.4 is 10.1 Å². The first kappa shape index (κ1) is 13.3. The van der Waals surface area contributed by atoms with Crippen molar-refractivity contribution in [2.75, 3.05) is 13.7 Å². The van der Waals surface area contributed by atoms with Gasteiger partial charge in [-0.25, -0.2) is 8.78 Å². The summed E-state index contributed by atoms with van der Waals surface area (Å²) in [5.74, 6) is 0.449. The van der Waals surface area contributed by atoms with Crippen molar-refractivity contribution in [3.8, 4) is 5.75 Å². The summed E-state index contributed by atoms with van der Waals surface area (Å²) in [7, 11) is 1.43. The molecule has 0 fully saturated rings. The Morgan fingerprint density at radius 1 is 1.53 bits per heavy atom. The molecule has 1 aromatic rings. The lowest BCUT2D eigenvalue weighted by Crippen LogP contribution is -2.21. The Morgan fingerprint density at radius 3 is 2.76 bits per heavy atom. The number of nitro groups is 1. The highest BCUT2D eigenvalue weighted by molar-refractivity contribution is 5.45. The van der Waals surface area contributed by atoms with Gasteiger partial charge < -0.3 is 10.1 Å². The molecular formula is C10H12F2N2O3. The number of alkyl halides is 2. The lowest BCUT2D eigenvalue weighted by atomic mass is 10.1. The fourth-order valence-electron chi connectivity index (χ4n) is 1.32. The molecule has 94 valence electrons. The maximum atomic E-state index is 11.9. The molecule has 0 amide bonds. The molecule has 0 saturated heterocycles. The number of ether oxygens (including phenoxy) is 1. The van der Waals surface area contributed by atoms with Crippen LogP contribution >= 0.6 is 0 Å². The molecule has 0 aliphatic carbocycles. The van der Waals surface area contributed by atoms with Crippen molar-refractivity contribution in [3.05, 3.63) is 33.9 Å². The van der Waals surface area contributed by atoms with Gasteiger partial charge in [0.2, 0.25) is 0 Å². The van der Waals surface area contributed by atoms with E-state index in [4.69, 9.17) is 4.74 Å². The summed E-state index contributed by atoms with van der Waals surface area (Å²) in [5.41, 5.74) is 0.197. The van der Waals surface area contributed by atoms with Crippen LogP contribution in [-0.2, 0) is 6.54 Å². The zero-order valence-corrected chi connectivity index (χ0v) is 9.15. The number of nitrogens with one attached hydrogen (secondary N) is 1. The van der Waals surface area contributed by atoms with E-state index < -0.39 is 17.9 Å². The number of halogens is 2. The van der Waals surface area contributed by atoms with Crippen molar-refractivity contribution in [1.29, 1.82) is 0 Å². The van der Waals surface area contributed by atoms with Gasteiger partial charge in [-0.15, -0.1) is 0 Å². The highest BCUT2D eigenvalue weighted by Crippen LogP contribution is 2.23. The summed E-state index contributed by atoms with van der Waals surface area (Å²) in [5, 5.41) is 13.1. The molecule has 7 heteroatoms. The molecule has 0 aliphatic rings. The lowest BCUT2D eigenvalue weighted by Gasteiger charge is -2.07. The fraction of sp³-hybridized carbons (Fsp3) is 0.400. The molecule has 0 radical (unpaired) electrons. The van der Waals surface area contributed by atoms with Crippen molar-refractivity contribution in [1.82, 2.24) is 5.32 Å². The summed E-state index contributed by atoms with van der Waals surface area (Å²) in [4.78, 5) is 10.2. The van der Waals surface area contributed by atoms with Crippen LogP contribution in [0.5, 0.6) is 5.75 Å². The third-order valence-electron chi connectivity index (χ3n) is 2.10. The molecular weight excluding hydrogens is 234 g/mol. The Morgan fingerprint density at radius 2 is 2.24 bits per heavy atom. The largest absolute Gasteiger partial charge is 0.497 e. The normalized spacial score (nSPS) is 10.6. The molecule has 0 aliphatic heterocycles. The van der Waals surface area contributed by atoms with Crippen LogP contribution in [0.25, 0.3) is 0 Å². The molecule has 5 nitrogen and oxygen atoms in total. The van der Waals surface area contributed by atoms with E-state index in [9.17, 15) is 18.9 Å². The molecule has 0 unspecified atom stereocenters. The predicted octanol–water partition coefficient (Wildman–Crippen LogP) is 1.96. The van der Waals surface area contributed by atoms with Gasteiger partial charge in [0, 0.05) is 18.2 Å². The average Bonchev–Trinajstić information content (AvgIpc) is 2.28. The first-order valence-electron chi connectivity index (χ1n) is 4.84. The summed E-state index contributed by atoms with van der Waals surface area (Å²) >= 11 is 0. The van der Waals surface area contributed by atoms with E-state index in [2.05, 4.69) is 5.32 Å². The summed E-state index contributed by atoms with van der Waals surface area (Å²) in [6.07, 6.45) is -2.49. The predicted molar refractivity (Wildman–Crippen MR) is 57.4 cm³/mol. The lowest BCUT2D eigenvalue weighted by molar-refractivity contribution is -0.385. The second-order valence-corrected chi connectivity index (χ2v) is 3.27. The Kier molecular flexibility index (Phi) is 4.77. The standard InChI is InChI=1S/C10H12F2N2O3/c1-17-8-2-3-9(14(15)16)7(4-8)5-13-6-10(11)12/h2-4,10,13H,5-6H2,1H3. The number of methoxy groups -OCH3 is 1. The van der Waals surface area contributed by atoms with Crippen molar-refractivity contribution < 1.29 is 18.4 Å². The van der Waals surface area contributed by atoms with E-state index in [1.165, 1.54) is 25.3 Å². The van der Waals surface area contributed by atoms with Crippen LogP contribution in [0.4, 0.5) is 14.5 Å². The van der Waals surface area contributed by atoms with Crippen molar-refractivity contribution >= 4 is 5.69 Å². The molecule has 1 N–H and O–H groups in total. The summed E-state index contributed by atoms with van der Waals surface area (Å²) in [6.45, 7) is -0.508. The monoisotopic (exact) mass is 246 g/mol. The van der Waals surface area contributed by atoms with Crippen LogP contribution in [-0.4, -0.2) is 25.0 Å². The number of benzene rings is 1. The maximum absolute atomic E-state index is 11.9. The third kappa shape index (κ3) is 3.95. The molecule has 17 heavy (non-hydrogen) atoms. The quantitative estimate of drug-likeness (QED) is 0.615. The van der Waals surface area contributed by atoms with Gasteiger partial charge in [-0.2, -0.15) is 0 Å². The van der Waals surface area contributed by atoms with E-state index in [0.29, 0.717) is 11.3 Å².